The van der Waals surface area contributed by atoms with E-state index in [2.05, 4.69) is 10.6 Å². The van der Waals surface area contributed by atoms with Crippen LogP contribution >= 0.6 is 12.2 Å². The van der Waals surface area contributed by atoms with E-state index in [0.717, 1.165) is 23.5 Å². The normalized spacial score (nSPS) is 10.2. The zero-order valence-electron chi connectivity index (χ0n) is 16.7. The average molecular weight is 420 g/mol. The first-order valence-electron chi connectivity index (χ1n) is 9.24. The third kappa shape index (κ3) is 6.49. The van der Waals surface area contributed by atoms with Crippen LogP contribution in [0.2, 0.25) is 0 Å². The highest BCUT2D eigenvalue weighted by Crippen LogP contribution is 2.29. The van der Waals surface area contributed by atoms with Crippen molar-refractivity contribution in [3.63, 3.8) is 0 Å². The smallest absolute Gasteiger partial charge is 0.273 e. The Kier molecular flexibility index (Phi) is 8.47. The summed E-state index contributed by atoms with van der Waals surface area (Å²) >= 11 is 5.31. The molecule has 0 fully saturated rings. The minimum atomic E-state index is -0.476. The molecule has 0 bridgehead atoms. The molecule has 0 saturated heterocycles. The van der Waals surface area contributed by atoms with Crippen LogP contribution in [0.15, 0.2) is 36.4 Å². The van der Waals surface area contributed by atoms with Gasteiger partial charge in [-0.3, -0.25) is 10.1 Å². The highest BCUT2D eigenvalue weighted by atomic mass is 32.1. The van der Waals surface area contributed by atoms with Gasteiger partial charge in [-0.05, 0) is 56.2 Å². The summed E-state index contributed by atoms with van der Waals surface area (Å²) < 4.78 is 16.4. The zero-order chi connectivity index (χ0) is 21.2. The maximum absolute atomic E-state index is 10.9. The predicted octanol–water partition coefficient (Wildman–Crippen LogP) is 3.93. The van der Waals surface area contributed by atoms with Gasteiger partial charge in [0, 0.05) is 12.6 Å². The van der Waals surface area contributed by atoms with Crippen molar-refractivity contribution in [3.05, 3.63) is 52.1 Å². The number of nitro groups is 1. The topological polar surface area (TPSA) is 94.9 Å². The SMILES string of the molecule is CCOc1ccc(CCNC(=S)Nc2ccc([N+](=O)[O-])cc2OC)cc1OCC. The van der Waals surface area contributed by atoms with Gasteiger partial charge in [-0.25, -0.2) is 0 Å². The van der Waals surface area contributed by atoms with Gasteiger partial charge in [-0.15, -0.1) is 0 Å². The number of thiocarbonyl (C=S) groups is 1. The van der Waals surface area contributed by atoms with Gasteiger partial charge < -0.3 is 24.8 Å². The molecule has 2 rings (SSSR count). The number of rotatable bonds is 10. The molecule has 29 heavy (non-hydrogen) atoms. The Morgan fingerprint density at radius 2 is 1.79 bits per heavy atom. The fraction of sp³-hybridized carbons (Fsp3) is 0.350. The summed E-state index contributed by atoms with van der Waals surface area (Å²) in [5.74, 6) is 1.80. The van der Waals surface area contributed by atoms with E-state index in [0.29, 0.717) is 36.3 Å². The first kappa shape index (κ1) is 22.2. The second kappa shape index (κ2) is 11.1. The first-order valence-corrected chi connectivity index (χ1v) is 9.65. The Bertz CT molecular complexity index is 860. The lowest BCUT2D eigenvalue weighted by molar-refractivity contribution is -0.384. The molecule has 0 amide bonds. The Morgan fingerprint density at radius 1 is 1.07 bits per heavy atom. The molecule has 0 spiro atoms. The molecular weight excluding hydrogens is 394 g/mol. The third-order valence-electron chi connectivity index (χ3n) is 3.95. The van der Waals surface area contributed by atoms with Crippen LogP contribution in [-0.2, 0) is 6.42 Å². The van der Waals surface area contributed by atoms with E-state index in [9.17, 15) is 10.1 Å². The summed E-state index contributed by atoms with van der Waals surface area (Å²) in [6.45, 7) is 5.60. The number of nitrogens with one attached hydrogen (secondary N) is 2. The Morgan fingerprint density at radius 3 is 2.45 bits per heavy atom. The Labute approximate surface area is 175 Å². The van der Waals surface area contributed by atoms with E-state index in [1.807, 2.05) is 32.0 Å². The molecule has 156 valence electrons. The maximum atomic E-state index is 10.9. The number of anilines is 1. The molecular formula is C20H25N3O5S. The second-order valence-corrected chi connectivity index (χ2v) is 6.33. The Hall–Kier alpha value is -3.07. The van der Waals surface area contributed by atoms with Crippen molar-refractivity contribution in [2.75, 3.05) is 32.2 Å². The summed E-state index contributed by atoms with van der Waals surface area (Å²) in [7, 11) is 1.45. The Balaban J connectivity index is 1.93. The summed E-state index contributed by atoms with van der Waals surface area (Å²) in [5, 5.41) is 17.4. The number of hydrogen-bond acceptors (Lipinski definition) is 6. The lowest BCUT2D eigenvalue weighted by Crippen LogP contribution is -2.30. The quantitative estimate of drug-likeness (QED) is 0.340. The van der Waals surface area contributed by atoms with E-state index >= 15 is 0 Å². The molecule has 0 heterocycles. The highest BCUT2D eigenvalue weighted by molar-refractivity contribution is 7.80. The van der Waals surface area contributed by atoms with Crippen LogP contribution in [0.5, 0.6) is 17.2 Å². The molecule has 0 aliphatic rings. The van der Waals surface area contributed by atoms with Gasteiger partial charge in [0.05, 0.1) is 37.0 Å². The third-order valence-corrected chi connectivity index (χ3v) is 4.20. The van der Waals surface area contributed by atoms with Crippen molar-refractivity contribution in [1.29, 1.82) is 0 Å². The molecule has 0 atom stereocenters. The van der Waals surface area contributed by atoms with Crippen LogP contribution in [-0.4, -0.2) is 36.9 Å². The van der Waals surface area contributed by atoms with Crippen molar-refractivity contribution in [1.82, 2.24) is 5.32 Å². The largest absolute Gasteiger partial charge is 0.494 e. The zero-order valence-corrected chi connectivity index (χ0v) is 17.5. The lowest BCUT2D eigenvalue weighted by atomic mass is 10.1. The number of methoxy groups -OCH3 is 1. The van der Waals surface area contributed by atoms with Gasteiger partial charge >= 0.3 is 0 Å². The molecule has 9 heteroatoms. The summed E-state index contributed by atoms with van der Waals surface area (Å²) in [6, 6.07) is 10.2. The van der Waals surface area contributed by atoms with Gasteiger partial charge in [-0.1, -0.05) is 6.07 Å². The number of non-ortho nitro benzene ring substituents is 1. The second-order valence-electron chi connectivity index (χ2n) is 5.92. The molecule has 8 nitrogen and oxygen atoms in total. The van der Waals surface area contributed by atoms with Crippen molar-refractivity contribution in [3.8, 4) is 17.2 Å². The fourth-order valence-corrected chi connectivity index (χ4v) is 2.85. The van der Waals surface area contributed by atoms with E-state index in [-0.39, 0.29) is 5.69 Å². The minimum absolute atomic E-state index is 0.0492. The van der Waals surface area contributed by atoms with Crippen molar-refractivity contribution in [2.45, 2.75) is 20.3 Å². The van der Waals surface area contributed by atoms with Crippen LogP contribution in [0, 0.1) is 10.1 Å². The van der Waals surface area contributed by atoms with Crippen LogP contribution in [0.25, 0.3) is 0 Å². The number of nitrogens with zero attached hydrogens (tertiary/aromatic N) is 1. The molecule has 0 saturated carbocycles. The molecule has 0 aliphatic carbocycles. The number of ether oxygens (including phenoxy) is 3. The predicted molar refractivity (Wildman–Crippen MR) is 116 cm³/mol. The van der Waals surface area contributed by atoms with Crippen molar-refractivity contribution in [2.24, 2.45) is 0 Å². The van der Waals surface area contributed by atoms with E-state index in [1.165, 1.54) is 19.2 Å². The molecule has 0 unspecified atom stereocenters. The molecule has 0 radical (unpaired) electrons. The highest BCUT2D eigenvalue weighted by Gasteiger charge is 2.12. The van der Waals surface area contributed by atoms with Crippen LogP contribution in [0.1, 0.15) is 19.4 Å². The summed E-state index contributed by atoms with van der Waals surface area (Å²) in [6.07, 6.45) is 0.728. The van der Waals surface area contributed by atoms with E-state index < -0.39 is 4.92 Å². The van der Waals surface area contributed by atoms with Gasteiger partial charge in [0.25, 0.3) is 5.69 Å². The van der Waals surface area contributed by atoms with Gasteiger partial charge in [0.1, 0.15) is 5.75 Å². The minimum Gasteiger partial charge on any atom is -0.494 e. The maximum Gasteiger partial charge on any atom is 0.273 e. The van der Waals surface area contributed by atoms with Crippen LogP contribution in [0.3, 0.4) is 0 Å². The first-order chi connectivity index (χ1) is 14.0. The van der Waals surface area contributed by atoms with Gasteiger partial charge in [0.15, 0.2) is 16.6 Å². The number of hydrogen-bond donors (Lipinski definition) is 2. The van der Waals surface area contributed by atoms with Crippen molar-refractivity contribution >= 4 is 28.7 Å². The molecule has 0 aromatic heterocycles. The summed E-state index contributed by atoms with van der Waals surface area (Å²) in [5.41, 5.74) is 1.59. The van der Waals surface area contributed by atoms with Crippen molar-refractivity contribution < 1.29 is 19.1 Å². The average Bonchev–Trinajstić information content (AvgIpc) is 2.70. The monoisotopic (exact) mass is 419 g/mol. The standard InChI is InChI=1S/C20H25N3O5S/c1-4-27-17-9-6-14(12-19(17)28-5-2)10-11-21-20(29)22-16-8-7-15(23(24)25)13-18(16)26-3/h6-9,12-13H,4-5,10-11H2,1-3H3,(H2,21,22,29). The van der Waals surface area contributed by atoms with Crippen LogP contribution < -0.4 is 24.8 Å². The molecule has 2 aromatic carbocycles. The van der Waals surface area contributed by atoms with E-state index in [4.69, 9.17) is 26.4 Å². The van der Waals surface area contributed by atoms with Gasteiger partial charge in [-0.2, -0.15) is 0 Å². The van der Waals surface area contributed by atoms with Crippen LogP contribution in [0.4, 0.5) is 11.4 Å². The molecule has 0 aliphatic heterocycles. The fourth-order valence-electron chi connectivity index (χ4n) is 2.63. The lowest BCUT2D eigenvalue weighted by Gasteiger charge is -2.14. The molecule has 2 aromatic rings. The number of nitro benzene ring substituents is 1. The summed E-state index contributed by atoms with van der Waals surface area (Å²) in [4.78, 5) is 10.4. The van der Waals surface area contributed by atoms with Gasteiger partial charge in [0.2, 0.25) is 0 Å². The number of benzene rings is 2. The van der Waals surface area contributed by atoms with E-state index in [1.54, 1.807) is 6.07 Å². The molecule has 2 N–H and O–H groups in total.